The van der Waals surface area contributed by atoms with Crippen LogP contribution in [0.25, 0.3) is 0 Å². The quantitative estimate of drug-likeness (QED) is 0.660. The van der Waals surface area contributed by atoms with Crippen LogP contribution in [0.5, 0.6) is 0 Å². The summed E-state index contributed by atoms with van der Waals surface area (Å²) in [4.78, 5) is 17.0. The predicted molar refractivity (Wildman–Crippen MR) is 60.3 cm³/mol. The number of fused-ring (bicyclic) bond motifs is 1. The number of nitrogens with zero attached hydrogens (tertiary/aromatic N) is 1. The van der Waals surface area contributed by atoms with Crippen LogP contribution in [0.15, 0.2) is 5.16 Å². The van der Waals surface area contributed by atoms with Gasteiger partial charge in [-0.2, -0.15) is 0 Å². The van der Waals surface area contributed by atoms with Crippen LogP contribution in [0.2, 0.25) is 0 Å². The number of carbonyl (C=O) groups is 1. The fourth-order valence-electron chi connectivity index (χ4n) is 2.60. The zero-order valence-corrected chi connectivity index (χ0v) is 10.8. The van der Waals surface area contributed by atoms with Crippen molar-refractivity contribution in [3.8, 4) is 0 Å². The van der Waals surface area contributed by atoms with Crippen molar-refractivity contribution < 1.29 is 22.8 Å². The summed E-state index contributed by atoms with van der Waals surface area (Å²) < 4.78 is 27.9. The smallest absolute Gasteiger partial charge is 0.353 e. The van der Waals surface area contributed by atoms with Gasteiger partial charge in [-0.25, -0.2) is 13.2 Å². The lowest BCUT2D eigenvalue weighted by atomic mass is 9.88. The number of ether oxygens (including phenoxy) is 1. The second-order valence-electron chi connectivity index (χ2n) is 4.65. The summed E-state index contributed by atoms with van der Waals surface area (Å²) in [6, 6.07) is 0. The number of esters is 1. The SMILES string of the molecule is COC(=O)C12CC(S(C)(=O)=O)CC1C(C)=NO2. The number of hydrogen-bond acceptors (Lipinski definition) is 6. The molecule has 3 unspecified atom stereocenters. The fraction of sp³-hybridized carbons (Fsp3) is 0.800. The highest BCUT2D eigenvalue weighted by Gasteiger charge is 2.62. The largest absolute Gasteiger partial charge is 0.466 e. The Hall–Kier alpha value is -1.11. The fourth-order valence-corrected chi connectivity index (χ4v) is 3.70. The van der Waals surface area contributed by atoms with Gasteiger partial charge in [0, 0.05) is 12.7 Å². The molecule has 0 aromatic carbocycles. The molecule has 1 heterocycles. The summed E-state index contributed by atoms with van der Waals surface area (Å²) in [6.07, 6.45) is 1.66. The van der Waals surface area contributed by atoms with E-state index in [2.05, 4.69) is 5.16 Å². The van der Waals surface area contributed by atoms with Crippen molar-refractivity contribution >= 4 is 21.5 Å². The average molecular weight is 261 g/mol. The first-order valence-electron chi connectivity index (χ1n) is 5.31. The molecule has 0 radical (unpaired) electrons. The van der Waals surface area contributed by atoms with Gasteiger partial charge in [-0.1, -0.05) is 5.16 Å². The molecule has 0 aromatic heterocycles. The van der Waals surface area contributed by atoms with E-state index in [1.165, 1.54) is 13.4 Å². The number of sulfone groups is 1. The van der Waals surface area contributed by atoms with Crippen molar-refractivity contribution in [3.05, 3.63) is 0 Å². The first-order chi connectivity index (χ1) is 7.81. The van der Waals surface area contributed by atoms with E-state index >= 15 is 0 Å². The summed E-state index contributed by atoms with van der Waals surface area (Å²) in [7, 11) is -1.93. The summed E-state index contributed by atoms with van der Waals surface area (Å²) in [5.41, 5.74) is -0.575. The maximum atomic E-state index is 11.8. The molecule has 2 rings (SSSR count). The lowest BCUT2D eigenvalue weighted by Crippen LogP contribution is -2.43. The molecule has 7 heteroatoms. The maximum Gasteiger partial charge on any atom is 0.353 e. The summed E-state index contributed by atoms with van der Waals surface area (Å²) in [5.74, 6) is -0.844. The van der Waals surface area contributed by atoms with Gasteiger partial charge in [0.1, 0.15) is 0 Å². The van der Waals surface area contributed by atoms with Gasteiger partial charge in [-0.15, -0.1) is 0 Å². The van der Waals surface area contributed by atoms with Gasteiger partial charge in [-0.3, -0.25) is 0 Å². The Morgan fingerprint density at radius 2 is 2.24 bits per heavy atom. The zero-order chi connectivity index (χ0) is 12.8. The second-order valence-corrected chi connectivity index (χ2v) is 6.97. The highest BCUT2D eigenvalue weighted by molar-refractivity contribution is 7.91. The lowest BCUT2D eigenvalue weighted by Gasteiger charge is -2.23. The molecule has 0 aromatic rings. The van der Waals surface area contributed by atoms with Crippen molar-refractivity contribution in [1.29, 1.82) is 0 Å². The summed E-state index contributed by atoms with van der Waals surface area (Å²) in [6.45, 7) is 1.74. The van der Waals surface area contributed by atoms with Crippen LogP contribution in [0.3, 0.4) is 0 Å². The van der Waals surface area contributed by atoms with E-state index in [4.69, 9.17) is 9.57 Å². The topological polar surface area (TPSA) is 82.0 Å². The van der Waals surface area contributed by atoms with Crippen molar-refractivity contribution in [1.82, 2.24) is 0 Å². The molecule has 2 aliphatic rings. The van der Waals surface area contributed by atoms with Crippen LogP contribution in [0.1, 0.15) is 19.8 Å². The molecule has 3 atom stereocenters. The molecule has 17 heavy (non-hydrogen) atoms. The first-order valence-corrected chi connectivity index (χ1v) is 7.26. The highest BCUT2D eigenvalue weighted by Crippen LogP contribution is 2.46. The Morgan fingerprint density at radius 3 is 2.76 bits per heavy atom. The van der Waals surface area contributed by atoms with E-state index in [1.54, 1.807) is 6.92 Å². The Kier molecular flexibility index (Phi) is 2.68. The van der Waals surface area contributed by atoms with Crippen LogP contribution in [0.4, 0.5) is 0 Å². The van der Waals surface area contributed by atoms with Gasteiger partial charge in [0.15, 0.2) is 9.84 Å². The normalized spacial score (nSPS) is 36.1. The first kappa shape index (κ1) is 12.3. The third-order valence-corrected chi connectivity index (χ3v) is 5.16. The number of hydrogen-bond donors (Lipinski definition) is 0. The van der Waals surface area contributed by atoms with E-state index < -0.39 is 26.7 Å². The van der Waals surface area contributed by atoms with Crippen molar-refractivity contribution in [2.24, 2.45) is 11.1 Å². The standard InChI is InChI=1S/C10H15NO5S/c1-6-8-4-7(17(3,13)14)5-10(8,16-11-6)9(12)15-2/h7-8H,4-5H2,1-3H3. The van der Waals surface area contributed by atoms with Crippen LogP contribution in [0, 0.1) is 5.92 Å². The van der Waals surface area contributed by atoms with Crippen molar-refractivity contribution in [2.45, 2.75) is 30.6 Å². The van der Waals surface area contributed by atoms with E-state index in [-0.39, 0.29) is 12.3 Å². The molecule has 0 amide bonds. The Labute approximate surface area is 99.9 Å². The molecule has 1 saturated carbocycles. The van der Waals surface area contributed by atoms with Gasteiger partial charge in [0.2, 0.25) is 5.60 Å². The van der Waals surface area contributed by atoms with Crippen LogP contribution < -0.4 is 0 Å². The lowest BCUT2D eigenvalue weighted by molar-refractivity contribution is -0.168. The number of rotatable bonds is 2. The molecule has 1 aliphatic carbocycles. The maximum absolute atomic E-state index is 11.8. The van der Waals surface area contributed by atoms with Gasteiger partial charge in [-0.05, 0) is 13.3 Å². The Balaban J connectivity index is 2.36. The minimum Gasteiger partial charge on any atom is -0.466 e. The Bertz CT molecular complexity index is 483. The molecule has 0 spiro atoms. The molecule has 96 valence electrons. The highest BCUT2D eigenvalue weighted by atomic mass is 32.2. The third-order valence-electron chi connectivity index (χ3n) is 3.59. The number of methoxy groups -OCH3 is 1. The van der Waals surface area contributed by atoms with E-state index in [0.29, 0.717) is 12.1 Å². The molecular weight excluding hydrogens is 246 g/mol. The zero-order valence-electron chi connectivity index (χ0n) is 9.97. The predicted octanol–water partition coefficient (Wildman–Crippen LogP) is 0.127. The second kappa shape index (κ2) is 3.69. The molecule has 0 N–H and O–H groups in total. The number of oxime groups is 1. The van der Waals surface area contributed by atoms with Gasteiger partial charge in [0.05, 0.1) is 24.0 Å². The molecule has 1 fully saturated rings. The third kappa shape index (κ3) is 1.72. The van der Waals surface area contributed by atoms with Crippen molar-refractivity contribution in [2.75, 3.05) is 13.4 Å². The van der Waals surface area contributed by atoms with Crippen molar-refractivity contribution in [3.63, 3.8) is 0 Å². The van der Waals surface area contributed by atoms with Crippen LogP contribution in [-0.2, 0) is 24.2 Å². The van der Waals surface area contributed by atoms with Crippen LogP contribution >= 0.6 is 0 Å². The molecule has 0 saturated heterocycles. The molecular formula is C10H15NO5S. The van der Waals surface area contributed by atoms with Gasteiger partial charge < -0.3 is 9.57 Å². The van der Waals surface area contributed by atoms with E-state index in [0.717, 1.165) is 0 Å². The minimum absolute atomic E-state index is 0.115. The van der Waals surface area contributed by atoms with Crippen LogP contribution in [-0.4, -0.2) is 44.3 Å². The van der Waals surface area contributed by atoms with E-state index in [1.807, 2.05) is 0 Å². The van der Waals surface area contributed by atoms with E-state index in [9.17, 15) is 13.2 Å². The number of carbonyl (C=O) groups excluding carboxylic acids is 1. The molecule has 1 aliphatic heterocycles. The minimum atomic E-state index is -3.19. The molecule has 0 bridgehead atoms. The average Bonchev–Trinajstić information content (AvgIpc) is 2.76. The summed E-state index contributed by atoms with van der Waals surface area (Å²) >= 11 is 0. The summed E-state index contributed by atoms with van der Waals surface area (Å²) in [5, 5.41) is 3.23. The molecule has 6 nitrogen and oxygen atoms in total. The van der Waals surface area contributed by atoms with Gasteiger partial charge in [0.25, 0.3) is 0 Å². The van der Waals surface area contributed by atoms with Gasteiger partial charge >= 0.3 is 5.97 Å². The Morgan fingerprint density at radius 1 is 1.59 bits per heavy atom. The monoisotopic (exact) mass is 261 g/mol.